The molecule has 30 heavy (non-hydrogen) atoms. The smallest absolute Gasteiger partial charge is 0.330 e. The lowest BCUT2D eigenvalue weighted by Gasteiger charge is -2.10. The maximum absolute atomic E-state index is 12.6. The highest BCUT2D eigenvalue weighted by atomic mass is 16.2. The van der Waals surface area contributed by atoms with Crippen molar-refractivity contribution in [1.82, 2.24) is 19.9 Å². The van der Waals surface area contributed by atoms with Crippen LogP contribution in [0.2, 0.25) is 0 Å². The molecule has 0 spiro atoms. The van der Waals surface area contributed by atoms with Crippen molar-refractivity contribution in [3.8, 4) is 0 Å². The van der Waals surface area contributed by atoms with Gasteiger partial charge in [0.25, 0.3) is 17.4 Å². The minimum Gasteiger partial charge on any atom is -0.350 e. The number of amides is 2. The van der Waals surface area contributed by atoms with Gasteiger partial charge >= 0.3 is 5.69 Å². The third-order valence-corrected chi connectivity index (χ3v) is 4.78. The highest BCUT2D eigenvalue weighted by Gasteiger charge is 2.27. The third kappa shape index (κ3) is 3.86. The van der Waals surface area contributed by atoms with Crippen LogP contribution in [0.3, 0.4) is 0 Å². The number of hydrogen-bond acceptors (Lipinski definition) is 5. The summed E-state index contributed by atoms with van der Waals surface area (Å²) in [5.74, 6) is -0.644. The van der Waals surface area contributed by atoms with Crippen LogP contribution >= 0.6 is 0 Å². The second-order valence-corrected chi connectivity index (χ2v) is 7.62. The molecule has 1 fully saturated rings. The topological polar surface area (TPSA) is 126 Å². The number of benzene rings is 1. The van der Waals surface area contributed by atoms with Gasteiger partial charge in [0.2, 0.25) is 0 Å². The predicted molar refractivity (Wildman–Crippen MR) is 112 cm³/mol. The molecule has 154 valence electrons. The van der Waals surface area contributed by atoms with E-state index in [1.54, 1.807) is 24.3 Å². The van der Waals surface area contributed by atoms with E-state index in [4.69, 9.17) is 0 Å². The fraction of sp³-hybridized carbons (Fsp3) is 0.286. The first kappa shape index (κ1) is 19.6. The highest BCUT2D eigenvalue weighted by Crippen LogP contribution is 2.34. The summed E-state index contributed by atoms with van der Waals surface area (Å²) in [5.41, 5.74) is 0.395. The van der Waals surface area contributed by atoms with Gasteiger partial charge in [-0.05, 0) is 57.0 Å². The van der Waals surface area contributed by atoms with E-state index in [2.05, 4.69) is 20.6 Å². The van der Waals surface area contributed by atoms with Gasteiger partial charge in [-0.2, -0.15) is 0 Å². The lowest BCUT2D eigenvalue weighted by atomic mass is 10.1. The van der Waals surface area contributed by atoms with Gasteiger partial charge in [-0.25, -0.2) is 9.78 Å². The Balaban J connectivity index is 1.57. The van der Waals surface area contributed by atoms with E-state index in [1.165, 1.54) is 16.8 Å². The Labute approximate surface area is 171 Å². The molecule has 1 aliphatic carbocycles. The van der Waals surface area contributed by atoms with Crippen LogP contribution in [0.4, 0.5) is 5.69 Å². The number of aromatic amines is 1. The Morgan fingerprint density at radius 3 is 2.43 bits per heavy atom. The number of anilines is 1. The van der Waals surface area contributed by atoms with Gasteiger partial charge in [0.15, 0.2) is 0 Å². The maximum atomic E-state index is 12.6. The van der Waals surface area contributed by atoms with Crippen molar-refractivity contribution in [3.05, 3.63) is 68.5 Å². The van der Waals surface area contributed by atoms with Gasteiger partial charge < -0.3 is 10.6 Å². The maximum Gasteiger partial charge on any atom is 0.330 e. The number of hydrogen-bond donors (Lipinski definition) is 3. The van der Waals surface area contributed by atoms with Crippen molar-refractivity contribution in [2.75, 3.05) is 5.32 Å². The lowest BCUT2D eigenvalue weighted by molar-refractivity contribution is 0.0942. The zero-order chi connectivity index (χ0) is 21.4. The SMILES string of the molecule is CC(C)NC(=O)c1ccc(NC(=O)c2cnc3c(c2)c(=O)[nH]c(=O)n3C2CC2)cc1. The van der Waals surface area contributed by atoms with Gasteiger partial charge in [0.05, 0.1) is 10.9 Å². The van der Waals surface area contributed by atoms with Crippen LogP contribution in [-0.2, 0) is 0 Å². The Morgan fingerprint density at radius 2 is 1.80 bits per heavy atom. The molecule has 9 heteroatoms. The van der Waals surface area contributed by atoms with Crippen LogP contribution in [0, 0.1) is 0 Å². The van der Waals surface area contributed by atoms with Crippen molar-refractivity contribution in [1.29, 1.82) is 0 Å². The van der Waals surface area contributed by atoms with Crippen molar-refractivity contribution >= 4 is 28.5 Å². The van der Waals surface area contributed by atoms with Crippen LogP contribution in [-0.4, -0.2) is 32.4 Å². The summed E-state index contributed by atoms with van der Waals surface area (Å²) < 4.78 is 1.47. The number of rotatable bonds is 5. The molecule has 0 unspecified atom stereocenters. The fourth-order valence-corrected chi connectivity index (χ4v) is 3.19. The summed E-state index contributed by atoms with van der Waals surface area (Å²) in [4.78, 5) is 55.5. The molecule has 0 atom stereocenters. The molecule has 0 aliphatic heterocycles. The zero-order valence-electron chi connectivity index (χ0n) is 16.6. The molecule has 2 amide bonds. The standard InChI is InChI=1S/C21H21N5O4/c1-11(2)23-18(27)12-3-5-14(6-4-12)24-19(28)13-9-16-17(22-10-13)26(15-7-8-15)21(30)25-20(16)29/h3-6,9-11,15H,7-8H2,1-2H3,(H,23,27)(H,24,28)(H,25,29,30). The first-order valence-electron chi connectivity index (χ1n) is 9.70. The number of pyridine rings is 1. The van der Waals surface area contributed by atoms with Gasteiger partial charge in [-0.1, -0.05) is 0 Å². The molecule has 4 rings (SSSR count). The van der Waals surface area contributed by atoms with E-state index in [0.717, 1.165) is 12.8 Å². The zero-order valence-corrected chi connectivity index (χ0v) is 16.6. The molecular weight excluding hydrogens is 386 g/mol. The molecule has 0 saturated heterocycles. The number of carbonyl (C=O) groups is 2. The van der Waals surface area contributed by atoms with E-state index in [-0.39, 0.29) is 34.6 Å². The van der Waals surface area contributed by atoms with Crippen molar-refractivity contribution in [3.63, 3.8) is 0 Å². The molecule has 2 aromatic heterocycles. The average molecular weight is 407 g/mol. The molecule has 2 heterocycles. The monoisotopic (exact) mass is 407 g/mol. The predicted octanol–water partition coefficient (Wildman–Crippen LogP) is 1.81. The summed E-state index contributed by atoms with van der Waals surface area (Å²) in [6, 6.07) is 7.97. The molecule has 0 bridgehead atoms. The Bertz CT molecular complexity index is 1250. The number of nitrogens with one attached hydrogen (secondary N) is 3. The number of nitrogens with zero attached hydrogens (tertiary/aromatic N) is 2. The van der Waals surface area contributed by atoms with Gasteiger partial charge in [0.1, 0.15) is 5.65 Å². The summed E-state index contributed by atoms with van der Waals surface area (Å²) in [6.45, 7) is 3.75. The number of fused-ring (bicyclic) bond motifs is 1. The van der Waals surface area contributed by atoms with Crippen LogP contribution < -0.4 is 21.9 Å². The fourth-order valence-electron chi connectivity index (χ4n) is 3.19. The van der Waals surface area contributed by atoms with Crippen molar-refractivity contribution in [2.45, 2.75) is 38.8 Å². The molecule has 3 N–H and O–H groups in total. The average Bonchev–Trinajstić information content (AvgIpc) is 3.53. The summed E-state index contributed by atoms with van der Waals surface area (Å²) >= 11 is 0. The van der Waals surface area contributed by atoms with Crippen molar-refractivity contribution < 1.29 is 9.59 Å². The second-order valence-electron chi connectivity index (χ2n) is 7.62. The third-order valence-electron chi connectivity index (χ3n) is 4.78. The second kappa shape index (κ2) is 7.58. The highest BCUT2D eigenvalue weighted by molar-refractivity contribution is 6.05. The molecular formula is C21H21N5O4. The molecule has 1 saturated carbocycles. The molecule has 3 aromatic rings. The summed E-state index contributed by atoms with van der Waals surface area (Å²) in [6.07, 6.45) is 3.06. The van der Waals surface area contributed by atoms with E-state index in [9.17, 15) is 19.2 Å². The Morgan fingerprint density at radius 1 is 1.10 bits per heavy atom. The van der Waals surface area contributed by atoms with E-state index < -0.39 is 17.2 Å². The largest absolute Gasteiger partial charge is 0.350 e. The summed E-state index contributed by atoms with van der Waals surface area (Å²) in [7, 11) is 0. The van der Waals surface area contributed by atoms with Crippen LogP contribution in [0.1, 0.15) is 53.4 Å². The lowest BCUT2D eigenvalue weighted by Crippen LogP contribution is -2.30. The molecule has 9 nitrogen and oxygen atoms in total. The van der Waals surface area contributed by atoms with E-state index in [1.807, 2.05) is 13.8 Å². The molecule has 1 aliphatic rings. The minimum absolute atomic E-state index is 0.0247. The van der Waals surface area contributed by atoms with E-state index in [0.29, 0.717) is 11.3 Å². The number of aromatic nitrogens is 3. The molecule has 1 aromatic carbocycles. The quantitative estimate of drug-likeness (QED) is 0.595. The van der Waals surface area contributed by atoms with Crippen LogP contribution in [0.25, 0.3) is 11.0 Å². The van der Waals surface area contributed by atoms with Crippen molar-refractivity contribution in [2.24, 2.45) is 0 Å². The van der Waals surface area contributed by atoms with Gasteiger partial charge in [-0.3, -0.25) is 23.9 Å². The first-order valence-corrected chi connectivity index (χ1v) is 9.70. The normalized spacial score (nSPS) is 13.4. The minimum atomic E-state index is -0.574. The van der Waals surface area contributed by atoms with Crippen LogP contribution in [0.15, 0.2) is 46.1 Å². The number of carbonyl (C=O) groups excluding carboxylic acids is 2. The van der Waals surface area contributed by atoms with Gasteiger partial charge in [0, 0.05) is 29.5 Å². The molecule has 0 radical (unpaired) electrons. The number of H-pyrrole nitrogens is 1. The Kier molecular flexibility index (Phi) is 4.94. The van der Waals surface area contributed by atoms with Crippen LogP contribution in [0.5, 0.6) is 0 Å². The summed E-state index contributed by atoms with van der Waals surface area (Å²) in [5, 5.41) is 5.71. The first-order chi connectivity index (χ1) is 14.3. The Hall–Kier alpha value is -3.75. The van der Waals surface area contributed by atoms with Gasteiger partial charge in [-0.15, -0.1) is 0 Å². The van der Waals surface area contributed by atoms with E-state index >= 15 is 0 Å².